The van der Waals surface area contributed by atoms with Gasteiger partial charge < -0.3 is 14.9 Å². The number of benzene rings is 2. The van der Waals surface area contributed by atoms with Gasteiger partial charge in [0.15, 0.2) is 0 Å². The molecule has 1 aliphatic carbocycles. The monoisotopic (exact) mass is 492 g/mol. The topological polar surface area (TPSA) is 66.8 Å². The summed E-state index contributed by atoms with van der Waals surface area (Å²) in [5.41, 5.74) is 5.49. The maximum Gasteiger partial charge on any atom is 0.335 e. The van der Waals surface area contributed by atoms with Crippen LogP contribution in [-0.2, 0) is 16.0 Å². The molecule has 0 aromatic heterocycles. The third-order valence-electron chi connectivity index (χ3n) is 7.76. The van der Waals surface area contributed by atoms with E-state index in [-0.39, 0.29) is 24.7 Å². The highest BCUT2D eigenvalue weighted by atomic mass is 16.5. The van der Waals surface area contributed by atoms with Crippen molar-refractivity contribution in [3.63, 3.8) is 0 Å². The van der Waals surface area contributed by atoms with Crippen molar-refractivity contribution in [2.75, 3.05) is 19.8 Å². The van der Waals surface area contributed by atoms with Crippen LogP contribution in [0.15, 0.2) is 60.7 Å². The quantitative estimate of drug-likeness (QED) is 0.172. The van der Waals surface area contributed by atoms with Crippen molar-refractivity contribution >= 4 is 5.97 Å². The van der Waals surface area contributed by atoms with E-state index in [9.17, 15) is 9.90 Å². The minimum absolute atomic E-state index is 0.00214. The standard InChI is InChI=1S/C32H44O4/c1-3-4-5-6-25-9-13-28(14-10-25)30-17-19-31(20-18-30)29-15-11-26(12-16-29)7-8-27(22-34)23-36-32(35)24(2)21-33/h9-10,13-14,17-20,26-27,29,33-34H,2-8,11-12,15-16,21-23H2,1H3. The molecule has 1 aliphatic rings. The van der Waals surface area contributed by atoms with Crippen LogP contribution in [0.2, 0.25) is 0 Å². The summed E-state index contributed by atoms with van der Waals surface area (Å²) >= 11 is 0. The Bertz CT molecular complexity index is 924. The number of hydrogen-bond acceptors (Lipinski definition) is 4. The van der Waals surface area contributed by atoms with Gasteiger partial charge in [-0.2, -0.15) is 0 Å². The molecular formula is C32H44O4. The molecule has 2 aromatic carbocycles. The second-order valence-electron chi connectivity index (χ2n) is 10.5. The number of aryl methyl sites for hydroxylation is 1. The second-order valence-corrected chi connectivity index (χ2v) is 10.5. The summed E-state index contributed by atoms with van der Waals surface area (Å²) in [6.07, 6.45) is 11.7. The molecule has 0 amide bonds. The Hall–Kier alpha value is -2.43. The fourth-order valence-electron chi connectivity index (χ4n) is 5.23. The zero-order valence-corrected chi connectivity index (χ0v) is 22.0. The van der Waals surface area contributed by atoms with Gasteiger partial charge in [-0.3, -0.25) is 0 Å². The number of unbranched alkanes of at least 4 members (excludes halogenated alkanes) is 2. The van der Waals surface area contributed by atoms with Gasteiger partial charge in [0.2, 0.25) is 0 Å². The Kier molecular flexibility index (Phi) is 11.7. The van der Waals surface area contributed by atoms with E-state index < -0.39 is 12.6 Å². The lowest BCUT2D eigenvalue weighted by atomic mass is 9.76. The van der Waals surface area contributed by atoms with Crippen LogP contribution in [0.25, 0.3) is 11.1 Å². The zero-order valence-electron chi connectivity index (χ0n) is 22.0. The number of carbonyl (C=O) groups excluding carboxylic acids is 1. The first kappa shape index (κ1) is 28.1. The highest BCUT2D eigenvalue weighted by molar-refractivity contribution is 5.87. The van der Waals surface area contributed by atoms with E-state index >= 15 is 0 Å². The van der Waals surface area contributed by atoms with E-state index in [4.69, 9.17) is 9.84 Å². The van der Waals surface area contributed by atoms with Crippen molar-refractivity contribution in [3.8, 4) is 11.1 Å². The first-order valence-corrected chi connectivity index (χ1v) is 13.8. The maximum absolute atomic E-state index is 11.7. The highest BCUT2D eigenvalue weighted by Gasteiger charge is 2.23. The number of ether oxygens (including phenoxy) is 1. The molecule has 3 rings (SSSR count). The minimum atomic E-state index is -0.582. The number of aliphatic hydroxyl groups is 2. The van der Waals surface area contributed by atoms with Crippen molar-refractivity contribution in [1.82, 2.24) is 0 Å². The van der Waals surface area contributed by atoms with Crippen molar-refractivity contribution in [3.05, 3.63) is 71.8 Å². The van der Waals surface area contributed by atoms with Crippen LogP contribution >= 0.6 is 0 Å². The van der Waals surface area contributed by atoms with Crippen LogP contribution in [0.5, 0.6) is 0 Å². The summed E-state index contributed by atoms with van der Waals surface area (Å²) in [5, 5.41) is 18.6. The molecule has 0 spiro atoms. The molecule has 0 radical (unpaired) electrons. The van der Waals surface area contributed by atoms with Crippen molar-refractivity contribution in [2.24, 2.45) is 11.8 Å². The molecule has 1 atom stereocenters. The molecule has 0 aliphatic heterocycles. The Morgan fingerprint density at radius 2 is 1.61 bits per heavy atom. The predicted molar refractivity (Wildman–Crippen MR) is 147 cm³/mol. The van der Waals surface area contributed by atoms with E-state index in [1.165, 1.54) is 73.6 Å². The minimum Gasteiger partial charge on any atom is -0.462 e. The summed E-state index contributed by atoms with van der Waals surface area (Å²) < 4.78 is 5.17. The second kappa shape index (κ2) is 15.0. The Morgan fingerprint density at radius 1 is 0.972 bits per heavy atom. The average Bonchev–Trinajstić information content (AvgIpc) is 2.93. The molecule has 4 nitrogen and oxygen atoms in total. The summed E-state index contributed by atoms with van der Waals surface area (Å²) in [6.45, 7) is 5.50. The van der Waals surface area contributed by atoms with Gasteiger partial charge >= 0.3 is 5.97 Å². The fourth-order valence-corrected chi connectivity index (χ4v) is 5.23. The normalized spacial score (nSPS) is 18.5. The van der Waals surface area contributed by atoms with Crippen LogP contribution in [0, 0.1) is 11.8 Å². The van der Waals surface area contributed by atoms with Crippen LogP contribution < -0.4 is 0 Å². The molecule has 1 unspecified atom stereocenters. The summed E-state index contributed by atoms with van der Waals surface area (Å²) in [4.78, 5) is 11.7. The average molecular weight is 493 g/mol. The lowest BCUT2D eigenvalue weighted by Crippen LogP contribution is -2.21. The molecule has 196 valence electrons. The third-order valence-corrected chi connectivity index (χ3v) is 7.76. The van der Waals surface area contributed by atoms with Crippen LogP contribution in [0.3, 0.4) is 0 Å². The smallest absolute Gasteiger partial charge is 0.335 e. The lowest BCUT2D eigenvalue weighted by molar-refractivity contribution is -0.141. The van der Waals surface area contributed by atoms with E-state index in [0.717, 1.165) is 12.8 Å². The van der Waals surface area contributed by atoms with E-state index in [2.05, 4.69) is 62.0 Å². The van der Waals surface area contributed by atoms with Crippen molar-refractivity contribution in [1.29, 1.82) is 0 Å². The number of aliphatic hydroxyl groups excluding tert-OH is 2. The van der Waals surface area contributed by atoms with Gasteiger partial charge in [0.05, 0.1) is 18.8 Å². The van der Waals surface area contributed by atoms with E-state index in [1.807, 2.05) is 0 Å². The SMILES string of the molecule is C=C(CO)C(=O)OCC(CO)CCC1CCC(c2ccc(-c3ccc(CCCCC)cc3)cc2)CC1. The molecule has 1 fully saturated rings. The molecule has 2 aromatic rings. The first-order valence-electron chi connectivity index (χ1n) is 13.8. The molecule has 0 heterocycles. The van der Waals surface area contributed by atoms with Crippen molar-refractivity contribution in [2.45, 2.75) is 77.0 Å². The fraction of sp³-hybridized carbons (Fsp3) is 0.531. The number of rotatable bonds is 14. The molecule has 2 N–H and O–H groups in total. The van der Waals surface area contributed by atoms with Gasteiger partial charge in [0.1, 0.15) is 0 Å². The van der Waals surface area contributed by atoms with Crippen molar-refractivity contribution < 1.29 is 19.7 Å². The highest BCUT2D eigenvalue weighted by Crippen LogP contribution is 2.38. The maximum atomic E-state index is 11.7. The van der Waals surface area contributed by atoms with Gasteiger partial charge in [-0.25, -0.2) is 4.79 Å². The zero-order chi connectivity index (χ0) is 25.8. The van der Waals surface area contributed by atoms with Gasteiger partial charge in [-0.15, -0.1) is 0 Å². The first-order chi connectivity index (χ1) is 17.5. The van der Waals surface area contributed by atoms with Crippen LogP contribution in [0.4, 0.5) is 0 Å². The Labute approximate surface area is 217 Å². The number of hydrogen-bond donors (Lipinski definition) is 2. The van der Waals surface area contributed by atoms with Crippen LogP contribution in [-0.4, -0.2) is 36.0 Å². The van der Waals surface area contributed by atoms with Gasteiger partial charge in [-0.05, 0) is 85.5 Å². The van der Waals surface area contributed by atoms with E-state index in [0.29, 0.717) is 11.8 Å². The van der Waals surface area contributed by atoms with Crippen LogP contribution in [0.1, 0.15) is 81.8 Å². The largest absolute Gasteiger partial charge is 0.462 e. The lowest BCUT2D eigenvalue weighted by Gasteiger charge is -2.29. The molecule has 36 heavy (non-hydrogen) atoms. The molecule has 1 saturated carbocycles. The Morgan fingerprint density at radius 3 is 2.19 bits per heavy atom. The van der Waals surface area contributed by atoms with Gasteiger partial charge in [0.25, 0.3) is 0 Å². The molecule has 0 bridgehead atoms. The number of esters is 1. The molecule has 0 saturated heterocycles. The van der Waals surface area contributed by atoms with Gasteiger partial charge in [0, 0.05) is 12.5 Å². The molecular weight excluding hydrogens is 448 g/mol. The van der Waals surface area contributed by atoms with E-state index in [1.54, 1.807) is 0 Å². The Balaban J connectivity index is 1.42. The summed E-state index contributed by atoms with van der Waals surface area (Å²) in [5.74, 6) is 0.641. The number of carbonyl (C=O) groups is 1. The summed E-state index contributed by atoms with van der Waals surface area (Å²) in [6, 6.07) is 18.2. The molecule has 4 heteroatoms. The summed E-state index contributed by atoms with van der Waals surface area (Å²) in [7, 11) is 0. The van der Waals surface area contributed by atoms with Gasteiger partial charge in [-0.1, -0.05) is 74.9 Å². The third kappa shape index (κ3) is 8.60. The predicted octanol–water partition coefficient (Wildman–Crippen LogP) is 6.84.